The zero-order chi connectivity index (χ0) is 10.0. The zero-order valence-corrected chi connectivity index (χ0v) is 8.13. The molecule has 0 amide bonds. The number of carboxylic acid groups (broad SMARTS) is 1. The van der Waals surface area contributed by atoms with Crippen LogP contribution in [0.15, 0.2) is 10.5 Å². The number of carbonyl (C=O) groups is 1. The molecule has 1 rings (SSSR count). The summed E-state index contributed by atoms with van der Waals surface area (Å²) in [5.74, 6) is 0.0742. The van der Waals surface area contributed by atoms with Crippen LogP contribution in [0.4, 0.5) is 0 Å². The second-order valence-corrected chi connectivity index (χ2v) is 3.31. The Bertz CT molecular complexity index is 310. The summed E-state index contributed by atoms with van der Waals surface area (Å²) >= 11 is 0. The first-order valence-electron chi connectivity index (χ1n) is 4.42. The lowest BCUT2D eigenvalue weighted by Crippen LogP contribution is -1.92. The van der Waals surface area contributed by atoms with E-state index in [0.717, 1.165) is 17.7 Å². The molecule has 0 fully saturated rings. The van der Waals surface area contributed by atoms with Gasteiger partial charge in [-0.3, -0.25) is 0 Å². The topological polar surface area (TPSA) is 50.4 Å². The van der Waals surface area contributed by atoms with Gasteiger partial charge in [0.05, 0.1) is 0 Å². The molecule has 3 nitrogen and oxygen atoms in total. The van der Waals surface area contributed by atoms with E-state index >= 15 is 0 Å². The summed E-state index contributed by atoms with van der Waals surface area (Å²) in [5, 5.41) is 8.71. The zero-order valence-electron chi connectivity index (χ0n) is 8.13. The number of rotatable bonds is 3. The van der Waals surface area contributed by atoms with Gasteiger partial charge in [0.25, 0.3) is 0 Å². The SMILES string of the molecule is CCc1cc(C(=O)O)oc1C(C)C. The number of carboxylic acids is 1. The van der Waals surface area contributed by atoms with Gasteiger partial charge < -0.3 is 9.52 Å². The van der Waals surface area contributed by atoms with E-state index in [4.69, 9.17) is 9.52 Å². The molecule has 0 unspecified atom stereocenters. The molecule has 3 heteroatoms. The van der Waals surface area contributed by atoms with Gasteiger partial charge in [-0.25, -0.2) is 4.79 Å². The quantitative estimate of drug-likeness (QED) is 0.781. The fraction of sp³-hybridized carbons (Fsp3) is 0.500. The Labute approximate surface area is 77.4 Å². The highest BCUT2D eigenvalue weighted by molar-refractivity contribution is 5.84. The minimum absolute atomic E-state index is 0.0422. The molecular weight excluding hydrogens is 168 g/mol. The number of aryl methyl sites for hydroxylation is 1. The number of furan rings is 1. The molecule has 0 saturated heterocycles. The molecule has 0 atom stereocenters. The van der Waals surface area contributed by atoms with Crippen molar-refractivity contribution < 1.29 is 14.3 Å². The highest BCUT2D eigenvalue weighted by atomic mass is 16.4. The molecule has 0 radical (unpaired) electrons. The molecule has 0 aliphatic carbocycles. The Balaban J connectivity index is 3.11. The molecule has 0 spiro atoms. The average Bonchev–Trinajstić information content (AvgIpc) is 2.47. The van der Waals surface area contributed by atoms with Gasteiger partial charge in [0.15, 0.2) is 0 Å². The lowest BCUT2D eigenvalue weighted by molar-refractivity contribution is 0.0660. The predicted molar refractivity (Wildman–Crippen MR) is 49.1 cm³/mol. The highest BCUT2D eigenvalue weighted by Crippen LogP contribution is 2.23. The molecular formula is C10H14O3. The Kier molecular flexibility index (Phi) is 2.76. The monoisotopic (exact) mass is 182 g/mol. The summed E-state index contributed by atoms with van der Waals surface area (Å²) in [6.07, 6.45) is 0.810. The van der Waals surface area contributed by atoms with Crippen LogP contribution in [-0.2, 0) is 6.42 Å². The van der Waals surface area contributed by atoms with Crippen LogP contribution in [0, 0.1) is 0 Å². The van der Waals surface area contributed by atoms with Crippen LogP contribution < -0.4 is 0 Å². The predicted octanol–water partition coefficient (Wildman–Crippen LogP) is 2.66. The third-order valence-corrected chi connectivity index (χ3v) is 1.96. The van der Waals surface area contributed by atoms with Crippen molar-refractivity contribution in [1.29, 1.82) is 0 Å². The molecule has 0 aliphatic heterocycles. The van der Waals surface area contributed by atoms with Crippen molar-refractivity contribution in [3.8, 4) is 0 Å². The van der Waals surface area contributed by atoms with E-state index in [-0.39, 0.29) is 11.7 Å². The van der Waals surface area contributed by atoms with Crippen LogP contribution in [0.5, 0.6) is 0 Å². The first-order valence-corrected chi connectivity index (χ1v) is 4.42. The fourth-order valence-electron chi connectivity index (χ4n) is 1.31. The number of hydrogen-bond donors (Lipinski definition) is 1. The maximum absolute atomic E-state index is 10.6. The van der Waals surface area contributed by atoms with E-state index in [0.29, 0.717) is 0 Å². The van der Waals surface area contributed by atoms with Crippen molar-refractivity contribution in [2.45, 2.75) is 33.1 Å². The van der Waals surface area contributed by atoms with Crippen molar-refractivity contribution in [1.82, 2.24) is 0 Å². The molecule has 0 aliphatic rings. The Morgan fingerprint density at radius 3 is 2.54 bits per heavy atom. The van der Waals surface area contributed by atoms with Gasteiger partial charge in [-0.05, 0) is 18.1 Å². The maximum atomic E-state index is 10.6. The van der Waals surface area contributed by atoms with E-state index in [1.165, 1.54) is 0 Å². The summed E-state index contributed by atoms with van der Waals surface area (Å²) in [6.45, 7) is 5.97. The molecule has 1 aromatic heterocycles. The van der Waals surface area contributed by atoms with Gasteiger partial charge in [-0.2, -0.15) is 0 Å². The molecule has 1 N–H and O–H groups in total. The van der Waals surface area contributed by atoms with Crippen LogP contribution >= 0.6 is 0 Å². The minimum atomic E-state index is -0.999. The Hall–Kier alpha value is -1.25. The average molecular weight is 182 g/mol. The van der Waals surface area contributed by atoms with Crippen LogP contribution in [-0.4, -0.2) is 11.1 Å². The van der Waals surface area contributed by atoms with E-state index in [9.17, 15) is 4.79 Å². The van der Waals surface area contributed by atoms with Gasteiger partial charge in [-0.15, -0.1) is 0 Å². The van der Waals surface area contributed by atoms with Crippen molar-refractivity contribution in [3.05, 3.63) is 23.2 Å². The third-order valence-electron chi connectivity index (χ3n) is 1.96. The van der Waals surface area contributed by atoms with E-state index in [1.54, 1.807) is 6.07 Å². The van der Waals surface area contributed by atoms with Crippen molar-refractivity contribution in [3.63, 3.8) is 0 Å². The summed E-state index contributed by atoms with van der Waals surface area (Å²) in [5.41, 5.74) is 0.993. The second-order valence-electron chi connectivity index (χ2n) is 3.31. The van der Waals surface area contributed by atoms with Gasteiger partial charge in [-0.1, -0.05) is 20.8 Å². The van der Waals surface area contributed by atoms with Gasteiger partial charge in [0, 0.05) is 5.92 Å². The molecule has 13 heavy (non-hydrogen) atoms. The summed E-state index contributed by atoms with van der Waals surface area (Å²) in [7, 11) is 0. The second kappa shape index (κ2) is 3.64. The highest BCUT2D eigenvalue weighted by Gasteiger charge is 2.16. The van der Waals surface area contributed by atoms with Crippen molar-refractivity contribution >= 4 is 5.97 Å². The first kappa shape index (κ1) is 9.84. The summed E-state index contributed by atoms with van der Waals surface area (Å²) in [6, 6.07) is 1.61. The van der Waals surface area contributed by atoms with Gasteiger partial charge in [0.1, 0.15) is 5.76 Å². The van der Waals surface area contributed by atoms with E-state index < -0.39 is 5.97 Å². The largest absolute Gasteiger partial charge is 0.475 e. The fourth-order valence-corrected chi connectivity index (χ4v) is 1.31. The smallest absolute Gasteiger partial charge is 0.371 e. The lowest BCUT2D eigenvalue weighted by Gasteiger charge is -2.01. The van der Waals surface area contributed by atoms with E-state index in [1.807, 2.05) is 20.8 Å². The van der Waals surface area contributed by atoms with Gasteiger partial charge >= 0.3 is 5.97 Å². The van der Waals surface area contributed by atoms with Crippen molar-refractivity contribution in [2.75, 3.05) is 0 Å². The molecule has 0 bridgehead atoms. The lowest BCUT2D eigenvalue weighted by atomic mass is 10.1. The standard InChI is InChI=1S/C10H14O3/c1-4-7-5-8(10(11)12)13-9(7)6(2)3/h5-6H,4H2,1-3H3,(H,11,12). The minimum Gasteiger partial charge on any atom is -0.475 e. The molecule has 0 saturated carbocycles. The normalized spacial score (nSPS) is 10.8. The first-order chi connectivity index (χ1) is 6.06. The summed E-state index contributed by atoms with van der Waals surface area (Å²) < 4.78 is 5.23. The van der Waals surface area contributed by atoms with Gasteiger partial charge in [0.2, 0.25) is 5.76 Å². The Morgan fingerprint density at radius 1 is 1.62 bits per heavy atom. The summed E-state index contributed by atoms with van der Waals surface area (Å²) in [4.78, 5) is 10.6. The number of hydrogen-bond acceptors (Lipinski definition) is 2. The third kappa shape index (κ3) is 1.91. The molecule has 1 aromatic rings. The Morgan fingerprint density at radius 2 is 2.23 bits per heavy atom. The molecule has 72 valence electrons. The van der Waals surface area contributed by atoms with Crippen LogP contribution in [0.1, 0.15) is 48.6 Å². The van der Waals surface area contributed by atoms with E-state index in [2.05, 4.69) is 0 Å². The number of aromatic carboxylic acids is 1. The van der Waals surface area contributed by atoms with Crippen LogP contribution in [0.2, 0.25) is 0 Å². The van der Waals surface area contributed by atoms with Crippen LogP contribution in [0.25, 0.3) is 0 Å². The molecule has 1 heterocycles. The maximum Gasteiger partial charge on any atom is 0.371 e. The van der Waals surface area contributed by atoms with Crippen molar-refractivity contribution in [2.24, 2.45) is 0 Å². The molecule has 0 aromatic carbocycles. The van der Waals surface area contributed by atoms with Crippen LogP contribution in [0.3, 0.4) is 0 Å².